The molecule has 2 amide bonds. The largest absolute Gasteiger partial charge is 0.354 e. The highest BCUT2D eigenvalue weighted by Crippen LogP contribution is 2.19. The summed E-state index contributed by atoms with van der Waals surface area (Å²) in [6.45, 7) is 1.32. The van der Waals surface area contributed by atoms with Crippen molar-refractivity contribution in [1.29, 1.82) is 0 Å². The molecule has 8 heteroatoms. The number of hydrazine groups is 1. The average molecular weight is 328 g/mol. The third-order valence-corrected chi connectivity index (χ3v) is 3.26. The number of rotatable bonds is 2. The molecule has 1 aliphatic heterocycles. The number of hydrogen-bond acceptors (Lipinski definition) is 5. The first-order valence-electron chi connectivity index (χ1n) is 5.80. The monoisotopic (exact) mass is 327 g/mol. The molecule has 102 valence electrons. The molecule has 0 aromatic carbocycles. The van der Waals surface area contributed by atoms with Gasteiger partial charge in [-0.1, -0.05) is 0 Å². The first kappa shape index (κ1) is 13.8. The number of nitrogens with two attached hydrogens (primary N) is 1. The fourth-order valence-corrected chi connectivity index (χ4v) is 2.19. The van der Waals surface area contributed by atoms with Gasteiger partial charge in [0.15, 0.2) is 5.82 Å². The van der Waals surface area contributed by atoms with Crippen LogP contribution in [0.15, 0.2) is 16.7 Å². The lowest BCUT2D eigenvalue weighted by molar-refractivity contribution is -0.120. The second kappa shape index (κ2) is 5.98. The van der Waals surface area contributed by atoms with Crippen LogP contribution in [-0.2, 0) is 4.79 Å². The third-order valence-electron chi connectivity index (χ3n) is 2.82. The zero-order valence-corrected chi connectivity index (χ0v) is 11.7. The number of aromatic nitrogens is 1. The van der Waals surface area contributed by atoms with Crippen LogP contribution in [0.2, 0.25) is 0 Å². The van der Waals surface area contributed by atoms with Gasteiger partial charge in [0.25, 0.3) is 5.91 Å². The van der Waals surface area contributed by atoms with E-state index in [0.717, 1.165) is 0 Å². The zero-order chi connectivity index (χ0) is 13.8. The maximum Gasteiger partial charge on any atom is 0.257 e. The molecule has 19 heavy (non-hydrogen) atoms. The quantitative estimate of drug-likeness (QED) is 0.528. The second-order valence-electron chi connectivity index (χ2n) is 4.09. The number of nitrogens with zero attached hydrogens (tertiary/aromatic N) is 2. The van der Waals surface area contributed by atoms with Crippen LogP contribution in [0.1, 0.15) is 16.8 Å². The van der Waals surface area contributed by atoms with Gasteiger partial charge in [-0.3, -0.25) is 9.59 Å². The lowest BCUT2D eigenvalue weighted by atomic mass is 10.2. The van der Waals surface area contributed by atoms with Gasteiger partial charge in [0, 0.05) is 36.7 Å². The van der Waals surface area contributed by atoms with Crippen molar-refractivity contribution < 1.29 is 9.59 Å². The molecule has 1 saturated heterocycles. The lowest BCUT2D eigenvalue weighted by Crippen LogP contribution is -2.35. The van der Waals surface area contributed by atoms with Gasteiger partial charge in [-0.15, -0.1) is 0 Å². The number of carbonyl (C=O) groups excluding carboxylic acids is 2. The normalized spacial score (nSPS) is 15.7. The average Bonchev–Trinajstić information content (AvgIpc) is 2.62. The Hall–Kier alpha value is -1.67. The van der Waals surface area contributed by atoms with E-state index in [-0.39, 0.29) is 11.8 Å². The first-order valence-corrected chi connectivity index (χ1v) is 6.59. The standard InChI is InChI=1S/C11H14BrN5O2/c12-7-5-8(10(16-13)15-6-7)11(19)17-3-1-9(18)14-2-4-17/h5-6H,1-4,13H2,(H,14,18)(H,15,16). The van der Waals surface area contributed by atoms with Crippen molar-refractivity contribution in [1.82, 2.24) is 15.2 Å². The summed E-state index contributed by atoms with van der Waals surface area (Å²) in [7, 11) is 0. The molecule has 0 unspecified atom stereocenters. The van der Waals surface area contributed by atoms with E-state index in [9.17, 15) is 9.59 Å². The van der Waals surface area contributed by atoms with Crippen LogP contribution in [0, 0.1) is 0 Å². The molecular formula is C11H14BrN5O2. The number of hydrogen-bond donors (Lipinski definition) is 3. The summed E-state index contributed by atoms with van der Waals surface area (Å²) in [6, 6.07) is 1.66. The van der Waals surface area contributed by atoms with Crippen molar-refractivity contribution in [2.24, 2.45) is 5.84 Å². The highest BCUT2D eigenvalue weighted by molar-refractivity contribution is 9.10. The summed E-state index contributed by atoms with van der Waals surface area (Å²) in [5, 5.41) is 2.72. The molecule has 0 atom stereocenters. The Morgan fingerprint density at radius 3 is 3.05 bits per heavy atom. The summed E-state index contributed by atoms with van der Waals surface area (Å²) in [6.07, 6.45) is 1.86. The number of pyridine rings is 1. The molecule has 1 fully saturated rings. The molecule has 0 aliphatic carbocycles. The maximum atomic E-state index is 12.4. The van der Waals surface area contributed by atoms with Crippen LogP contribution in [0.25, 0.3) is 0 Å². The summed E-state index contributed by atoms with van der Waals surface area (Å²) < 4.78 is 0.693. The van der Waals surface area contributed by atoms with Gasteiger partial charge in [-0.05, 0) is 22.0 Å². The molecule has 2 rings (SSSR count). The van der Waals surface area contributed by atoms with Crippen LogP contribution in [0.4, 0.5) is 5.82 Å². The summed E-state index contributed by atoms with van der Waals surface area (Å²) in [5.41, 5.74) is 2.79. The number of halogens is 1. The summed E-state index contributed by atoms with van der Waals surface area (Å²) in [5.74, 6) is 5.43. The minimum absolute atomic E-state index is 0.0418. The Kier molecular flexibility index (Phi) is 4.33. The number of carbonyl (C=O) groups is 2. The molecule has 1 aromatic heterocycles. The van der Waals surface area contributed by atoms with E-state index in [2.05, 4.69) is 31.7 Å². The molecule has 0 radical (unpaired) electrons. The molecule has 2 heterocycles. The highest BCUT2D eigenvalue weighted by atomic mass is 79.9. The van der Waals surface area contributed by atoms with E-state index >= 15 is 0 Å². The van der Waals surface area contributed by atoms with Crippen LogP contribution in [0.3, 0.4) is 0 Å². The Morgan fingerprint density at radius 2 is 2.32 bits per heavy atom. The number of amides is 2. The van der Waals surface area contributed by atoms with E-state index < -0.39 is 0 Å². The zero-order valence-electron chi connectivity index (χ0n) is 10.1. The van der Waals surface area contributed by atoms with E-state index in [0.29, 0.717) is 41.9 Å². The van der Waals surface area contributed by atoms with Crippen molar-refractivity contribution in [2.45, 2.75) is 6.42 Å². The van der Waals surface area contributed by atoms with Gasteiger partial charge in [0.1, 0.15) is 0 Å². The fourth-order valence-electron chi connectivity index (χ4n) is 1.86. The van der Waals surface area contributed by atoms with Crippen molar-refractivity contribution in [2.75, 3.05) is 25.1 Å². The fraction of sp³-hybridized carbons (Fsp3) is 0.364. The van der Waals surface area contributed by atoms with Gasteiger partial charge >= 0.3 is 0 Å². The van der Waals surface area contributed by atoms with E-state index in [1.165, 1.54) is 0 Å². The number of nitrogens with one attached hydrogen (secondary N) is 2. The topological polar surface area (TPSA) is 100 Å². The highest BCUT2D eigenvalue weighted by Gasteiger charge is 2.22. The summed E-state index contributed by atoms with van der Waals surface area (Å²) >= 11 is 3.27. The Morgan fingerprint density at radius 1 is 1.53 bits per heavy atom. The minimum atomic E-state index is -0.196. The Bertz CT molecular complexity index is 508. The summed E-state index contributed by atoms with van der Waals surface area (Å²) in [4.78, 5) is 29.3. The van der Waals surface area contributed by atoms with Gasteiger partial charge in [-0.25, -0.2) is 10.8 Å². The molecule has 0 bridgehead atoms. The van der Waals surface area contributed by atoms with E-state index in [1.807, 2.05) is 0 Å². The SMILES string of the molecule is NNc1ncc(Br)cc1C(=O)N1CCNC(=O)CC1. The van der Waals surface area contributed by atoms with Crippen LogP contribution in [0.5, 0.6) is 0 Å². The number of nitrogen functional groups attached to an aromatic ring is 1. The molecule has 4 N–H and O–H groups in total. The van der Waals surface area contributed by atoms with Crippen LogP contribution >= 0.6 is 15.9 Å². The molecule has 7 nitrogen and oxygen atoms in total. The van der Waals surface area contributed by atoms with Crippen molar-refractivity contribution in [3.8, 4) is 0 Å². The van der Waals surface area contributed by atoms with Gasteiger partial charge < -0.3 is 15.6 Å². The molecule has 0 saturated carbocycles. The minimum Gasteiger partial charge on any atom is -0.354 e. The molecule has 0 spiro atoms. The number of anilines is 1. The smallest absolute Gasteiger partial charge is 0.257 e. The third kappa shape index (κ3) is 3.21. The molecular weight excluding hydrogens is 314 g/mol. The van der Waals surface area contributed by atoms with Crippen molar-refractivity contribution in [3.63, 3.8) is 0 Å². The van der Waals surface area contributed by atoms with Gasteiger partial charge in [0.2, 0.25) is 5.91 Å². The van der Waals surface area contributed by atoms with E-state index in [4.69, 9.17) is 5.84 Å². The predicted octanol–water partition coefficient (Wildman–Crippen LogP) is 0.0918. The van der Waals surface area contributed by atoms with Gasteiger partial charge in [0.05, 0.1) is 5.56 Å². The maximum absolute atomic E-state index is 12.4. The second-order valence-corrected chi connectivity index (χ2v) is 5.00. The lowest BCUT2D eigenvalue weighted by Gasteiger charge is -2.20. The molecule has 1 aromatic rings. The van der Waals surface area contributed by atoms with Crippen LogP contribution < -0.4 is 16.6 Å². The van der Waals surface area contributed by atoms with E-state index in [1.54, 1.807) is 17.2 Å². The van der Waals surface area contributed by atoms with Crippen molar-refractivity contribution in [3.05, 3.63) is 22.3 Å². The Balaban J connectivity index is 2.23. The first-order chi connectivity index (χ1) is 9.11. The predicted molar refractivity (Wildman–Crippen MR) is 73.3 cm³/mol. The van der Waals surface area contributed by atoms with Crippen molar-refractivity contribution >= 4 is 33.6 Å². The van der Waals surface area contributed by atoms with Crippen LogP contribution in [-0.4, -0.2) is 41.3 Å². The molecule has 1 aliphatic rings. The van der Waals surface area contributed by atoms with Gasteiger partial charge in [-0.2, -0.15) is 0 Å². The Labute approximate surface area is 118 Å².